The van der Waals surface area contributed by atoms with E-state index in [1.807, 2.05) is 6.07 Å². The number of amides is 2. The van der Waals surface area contributed by atoms with Crippen LogP contribution in [0.4, 0.5) is 5.69 Å². The van der Waals surface area contributed by atoms with Crippen LogP contribution in [-0.2, 0) is 14.3 Å². The molecule has 6 nitrogen and oxygen atoms in total. The van der Waals surface area contributed by atoms with Gasteiger partial charge in [0.1, 0.15) is 0 Å². The molecule has 1 saturated heterocycles. The van der Waals surface area contributed by atoms with Crippen LogP contribution >= 0.6 is 11.8 Å². The summed E-state index contributed by atoms with van der Waals surface area (Å²) >= 11 is 1.46. The van der Waals surface area contributed by atoms with Crippen molar-refractivity contribution in [3.63, 3.8) is 0 Å². The minimum Gasteiger partial charge on any atom is -0.466 e. The molecule has 1 fully saturated rings. The first-order chi connectivity index (χ1) is 11.6. The Labute approximate surface area is 144 Å². The van der Waals surface area contributed by atoms with Crippen LogP contribution in [0.3, 0.4) is 0 Å². The second-order valence-corrected chi connectivity index (χ2v) is 6.91. The van der Waals surface area contributed by atoms with E-state index in [0.717, 1.165) is 17.7 Å². The molecule has 2 aliphatic heterocycles. The molecule has 0 bridgehead atoms. The molecule has 0 spiro atoms. The molecule has 0 aliphatic carbocycles. The standard InChI is InChI=1S/C17H20N2O4S/c1-2-23-17(22)12-4-3-7-19(9-12)16(21)11-5-6-14-13(8-11)18-15(20)10-24-14/h5-6,8,12H,2-4,7,9-10H2,1H3,(H,18,20). The van der Waals surface area contributed by atoms with Gasteiger partial charge >= 0.3 is 5.97 Å². The third kappa shape index (κ3) is 3.56. The van der Waals surface area contributed by atoms with Gasteiger partial charge in [-0.3, -0.25) is 14.4 Å². The van der Waals surface area contributed by atoms with Crippen molar-refractivity contribution in [2.24, 2.45) is 5.92 Å². The zero-order valence-electron chi connectivity index (χ0n) is 13.5. The van der Waals surface area contributed by atoms with E-state index in [9.17, 15) is 14.4 Å². The van der Waals surface area contributed by atoms with Crippen LogP contribution in [0.25, 0.3) is 0 Å². The highest BCUT2D eigenvalue weighted by Gasteiger charge is 2.30. The summed E-state index contributed by atoms with van der Waals surface area (Å²) in [5, 5.41) is 2.80. The Bertz CT molecular complexity index is 677. The molecule has 128 valence electrons. The summed E-state index contributed by atoms with van der Waals surface area (Å²) in [5.41, 5.74) is 1.21. The number of rotatable bonds is 3. The van der Waals surface area contributed by atoms with Crippen molar-refractivity contribution < 1.29 is 19.1 Å². The van der Waals surface area contributed by atoms with Gasteiger partial charge in [-0.2, -0.15) is 0 Å². The highest BCUT2D eigenvalue weighted by Crippen LogP contribution is 2.32. The summed E-state index contributed by atoms with van der Waals surface area (Å²) in [6.45, 7) is 3.15. The van der Waals surface area contributed by atoms with Gasteiger partial charge in [-0.1, -0.05) is 0 Å². The van der Waals surface area contributed by atoms with Gasteiger partial charge in [-0.15, -0.1) is 11.8 Å². The fourth-order valence-corrected chi connectivity index (χ4v) is 3.80. The number of anilines is 1. The fourth-order valence-electron chi connectivity index (χ4n) is 3.01. The molecule has 2 aliphatic rings. The quantitative estimate of drug-likeness (QED) is 0.847. The van der Waals surface area contributed by atoms with Gasteiger partial charge in [0.25, 0.3) is 5.91 Å². The fraction of sp³-hybridized carbons (Fsp3) is 0.471. The van der Waals surface area contributed by atoms with Gasteiger partial charge in [0.15, 0.2) is 0 Å². The summed E-state index contributed by atoms with van der Waals surface area (Å²) in [7, 11) is 0. The second kappa shape index (κ2) is 7.25. The lowest BCUT2D eigenvalue weighted by Crippen LogP contribution is -2.42. The molecule has 1 aromatic rings. The number of piperidine rings is 1. The Kier molecular flexibility index (Phi) is 5.08. The first kappa shape index (κ1) is 16.8. The molecular formula is C17H20N2O4S. The van der Waals surface area contributed by atoms with Crippen LogP contribution in [0.1, 0.15) is 30.1 Å². The zero-order valence-corrected chi connectivity index (χ0v) is 14.4. The van der Waals surface area contributed by atoms with E-state index in [-0.39, 0.29) is 23.7 Å². The molecule has 3 rings (SSSR count). The SMILES string of the molecule is CCOC(=O)C1CCCN(C(=O)c2ccc3c(c2)NC(=O)CS3)C1. The molecule has 0 radical (unpaired) electrons. The van der Waals surface area contributed by atoms with E-state index in [1.165, 1.54) is 11.8 Å². The predicted molar refractivity (Wildman–Crippen MR) is 91.1 cm³/mol. The van der Waals surface area contributed by atoms with E-state index in [0.29, 0.717) is 36.7 Å². The van der Waals surface area contributed by atoms with E-state index in [1.54, 1.807) is 24.0 Å². The molecule has 2 amide bonds. The monoisotopic (exact) mass is 348 g/mol. The predicted octanol–water partition coefficient (Wildman–Crippen LogP) is 2.15. The number of hydrogen-bond donors (Lipinski definition) is 1. The maximum absolute atomic E-state index is 12.7. The summed E-state index contributed by atoms with van der Waals surface area (Å²) in [5.74, 6) is -0.262. The Hall–Kier alpha value is -2.02. The molecule has 0 aromatic heterocycles. The highest BCUT2D eigenvalue weighted by molar-refractivity contribution is 8.00. The Morgan fingerprint density at radius 2 is 2.25 bits per heavy atom. The number of carbonyl (C=O) groups excluding carboxylic acids is 3. The lowest BCUT2D eigenvalue weighted by Gasteiger charge is -2.31. The average molecular weight is 348 g/mol. The number of fused-ring (bicyclic) bond motifs is 1. The number of nitrogens with zero attached hydrogens (tertiary/aromatic N) is 1. The van der Waals surface area contributed by atoms with Crippen molar-refractivity contribution in [3.05, 3.63) is 23.8 Å². The van der Waals surface area contributed by atoms with Crippen molar-refractivity contribution in [1.82, 2.24) is 4.90 Å². The van der Waals surface area contributed by atoms with Crippen molar-refractivity contribution >= 4 is 35.2 Å². The molecule has 2 heterocycles. The van der Waals surface area contributed by atoms with Crippen LogP contribution < -0.4 is 5.32 Å². The number of esters is 1. The number of ether oxygens (including phenoxy) is 1. The van der Waals surface area contributed by atoms with Gasteiger partial charge in [-0.25, -0.2) is 0 Å². The van der Waals surface area contributed by atoms with E-state index >= 15 is 0 Å². The third-order valence-electron chi connectivity index (χ3n) is 4.19. The minimum atomic E-state index is -0.254. The van der Waals surface area contributed by atoms with E-state index < -0.39 is 0 Å². The third-order valence-corrected chi connectivity index (χ3v) is 5.26. The maximum atomic E-state index is 12.7. The number of nitrogens with one attached hydrogen (secondary N) is 1. The van der Waals surface area contributed by atoms with Crippen LogP contribution in [0.15, 0.2) is 23.1 Å². The first-order valence-corrected chi connectivity index (χ1v) is 9.09. The number of benzene rings is 1. The zero-order chi connectivity index (χ0) is 17.1. The second-order valence-electron chi connectivity index (χ2n) is 5.89. The summed E-state index contributed by atoms with van der Waals surface area (Å²) in [6.07, 6.45) is 1.53. The lowest BCUT2D eigenvalue weighted by atomic mass is 9.97. The molecule has 24 heavy (non-hydrogen) atoms. The van der Waals surface area contributed by atoms with Crippen molar-refractivity contribution in [1.29, 1.82) is 0 Å². The Morgan fingerprint density at radius 3 is 3.04 bits per heavy atom. The lowest BCUT2D eigenvalue weighted by molar-refractivity contribution is -0.149. The molecule has 7 heteroatoms. The number of thioether (sulfide) groups is 1. The smallest absolute Gasteiger partial charge is 0.310 e. The molecule has 1 atom stereocenters. The van der Waals surface area contributed by atoms with Gasteiger partial charge < -0.3 is 15.0 Å². The van der Waals surface area contributed by atoms with Gasteiger partial charge in [-0.05, 0) is 38.0 Å². The summed E-state index contributed by atoms with van der Waals surface area (Å²) in [4.78, 5) is 38.8. The average Bonchev–Trinajstić information content (AvgIpc) is 2.60. The molecule has 1 unspecified atom stereocenters. The summed E-state index contributed by atoms with van der Waals surface area (Å²) in [6, 6.07) is 5.36. The Balaban J connectivity index is 1.73. The number of carbonyl (C=O) groups is 3. The van der Waals surface area contributed by atoms with Gasteiger partial charge in [0.05, 0.1) is 24.0 Å². The highest BCUT2D eigenvalue weighted by atomic mass is 32.2. The van der Waals surface area contributed by atoms with Crippen LogP contribution in [0, 0.1) is 5.92 Å². The van der Waals surface area contributed by atoms with E-state index in [2.05, 4.69) is 5.32 Å². The van der Waals surface area contributed by atoms with Crippen LogP contribution in [0.2, 0.25) is 0 Å². The topological polar surface area (TPSA) is 75.7 Å². The molecule has 0 saturated carbocycles. The Morgan fingerprint density at radius 1 is 1.42 bits per heavy atom. The van der Waals surface area contributed by atoms with Gasteiger partial charge in [0.2, 0.25) is 5.91 Å². The normalized spacial score (nSPS) is 20.1. The van der Waals surface area contributed by atoms with Crippen LogP contribution in [-0.4, -0.2) is 48.1 Å². The number of hydrogen-bond acceptors (Lipinski definition) is 5. The van der Waals surface area contributed by atoms with Crippen molar-refractivity contribution in [2.75, 3.05) is 30.8 Å². The minimum absolute atomic E-state index is 0.0579. The maximum Gasteiger partial charge on any atom is 0.310 e. The molecular weight excluding hydrogens is 328 g/mol. The largest absolute Gasteiger partial charge is 0.466 e. The van der Waals surface area contributed by atoms with Crippen molar-refractivity contribution in [3.8, 4) is 0 Å². The van der Waals surface area contributed by atoms with Crippen LogP contribution in [0.5, 0.6) is 0 Å². The van der Waals surface area contributed by atoms with E-state index in [4.69, 9.17) is 4.74 Å². The molecule has 1 aromatic carbocycles. The molecule has 1 N–H and O–H groups in total. The summed E-state index contributed by atoms with van der Waals surface area (Å²) < 4.78 is 5.07. The first-order valence-electron chi connectivity index (χ1n) is 8.11. The van der Waals surface area contributed by atoms with Crippen molar-refractivity contribution in [2.45, 2.75) is 24.7 Å². The number of likely N-dealkylation sites (tertiary alicyclic amines) is 1. The van der Waals surface area contributed by atoms with Gasteiger partial charge in [0, 0.05) is 23.5 Å².